The van der Waals surface area contributed by atoms with E-state index in [-0.39, 0.29) is 5.69 Å². The third-order valence-corrected chi connectivity index (χ3v) is 4.53. The first-order valence-electron chi connectivity index (χ1n) is 6.83. The fraction of sp³-hybridized carbons (Fsp3) is 0.118. The van der Waals surface area contributed by atoms with Gasteiger partial charge in [-0.3, -0.25) is 10.1 Å². The molecule has 1 aromatic heterocycles. The summed E-state index contributed by atoms with van der Waals surface area (Å²) in [6.07, 6.45) is 3.86. The monoisotopic (exact) mass is 310 g/mol. The highest BCUT2D eigenvalue weighted by Gasteiger charge is 2.05. The molecule has 0 fully saturated rings. The number of rotatable bonds is 3. The van der Waals surface area contributed by atoms with Crippen molar-refractivity contribution in [1.82, 2.24) is 4.98 Å². The zero-order valence-corrected chi connectivity index (χ0v) is 13.1. The number of nitrogens with zero attached hydrogens (tertiary/aromatic N) is 2. The summed E-state index contributed by atoms with van der Waals surface area (Å²) < 4.78 is 1.17. The van der Waals surface area contributed by atoms with E-state index in [1.165, 1.54) is 28.0 Å². The van der Waals surface area contributed by atoms with E-state index < -0.39 is 4.92 Å². The van der Waals surface area contributed by atoms with Crippen LogP contribution in [0.3, 0.4) is 0 Å². The molecule has 22 heavy (non-hydrogen) atoms. The zero-order valence-electron chi connectivity index (χ0n) is 12.2. The van der Waals surface area contributed by atoms with E-state index >= 15 is 0 Å². The molecule has 0 saturated carbocycles. The van der Waals surface area contributed by atoms with Gasteiger partial charge >= 0.3 is 0 Å². The molecule has 5 heteroatoms. The molecular weight excluding hydrogens is 296 g/mol. The molecule has 0 spiro atoms. The maximum Gasteiger partial charge on any atom is 0.269 e. The van der Waals surface area contributed by atoms with Crippen LogP contribution in [-0.4, -0.2) is 9.91 Å². The Hall–Kier alpha value is -2.53. The molecule has 2 aromatic carbocycles. The first kappa shape index (κ1) is 14.4. The van der Waals surface area contributed by atoms with Gasteiger partial charge in [0.15, 0.2) is 0 Å². The lowest BCUT2D eigenvalue weighted by Gasteiger charge is -1.96. The van der Waals surface area contributed by atoms with Crippen molar-refractivity contribution in [2.75, 3.05) is 0 Å². The SMILES string of the molecule is Cc1cc2nc(C=Cc3ccc([N+](=O)[O-])cc3)sc2cc1C. The highest BCUT2D eigenvalue weighted by Crippen LogP contribution is 2.26. The second-order valence-corrected chi connectivity index (χ2v) is 6.20. The number of benzene rings is 2. The average molecular weight is 310 g/mol. The van der Waals surface area contributed by atoms with Crippen LogP contribution in [0.4, 0.5) is 5.69 Å². The lowest BCUT2D eigenvalue weighted by molar-refractivity contribution is -0.384. The fourth-order valence-corrected chi connectivity index (χ4v) is 3.09. The van der Waals surface area contributed by atoms with Crippen LogP contribution in [0.5, 0.6) is 0 Å². The molecule has 0 N–H and O–H groups in total. The van der Waals surface area contributed by atoms with E-state index in [2.05, 4.69) is 31.0 Å². The molecule has 0 atom stereocenters. The van der Waals surface area contributed by atoms with Crippen molar-refractivity contribution in [3.8, 4) is 0 Å². The molecule has 3 rings (SSSR count). The number of hydrogen-bond acceptors (Lipinski definition) is 4. The molecule has 1 heterocycles. The topological polar surface area (TPSA) is 56.0 Å². The summed E-state index contributed by atoms with van der Waals surface area (Å²) in [6.45, 7) is 4.18. The third-order valence-electron chi connectivity index (χ3n) is 3.54. The number of hydrogen-bond donors (Lipinski definition) is 0. The van der Waals surface area contributed by atoms with Gasteiger partial charge in [-0.15, -0.1) is 11.3 Å². The smallest absolute Gasteiger partial charge is 0.258 e. The lowest BCUT2D eigenvalue weighted by atomic mass is 10.1. The minimum atomic E-state index is -0.397. The zero-order chi connectivity index (χ0) is 15.7. The molecule has 0 radical (unpaired) electrons. The van der Waals surface area contributed by atoms with Gasteiger partial charge in [-0.1, -0.05) is 6.08 Å². The average Bonchev–Trinajstić information content (AvgIpc) is 2.88. The molecule has 0 saturated heterocycles. The molecule has 110 valence electrons. The van der Waals surface area contributed by atoms with Crippen molar-refractivity contribution in [3.63, 3.8) is 0 Å². The summed E-state index contributed by atoms with van der Waals surface area (Å²) in [6, 6.07) is 10.7. The van der Waals surface area contributed by atoms with Gasteiger partial charge in [-0.05, 0) is 60.9 Å². The normalized spacial score (nSPS) is 11.4. The Kier molecular flexibility index (Phi) is 3.73. The first-order valence-corrected chi connectivity index (χ1v) is 7.65. The maximum atomic E-state index is 10.6. The Labute approximate surface area is 131 Å². The molecular formula is C17H14N2O2S. The van der Waals surface area contributed by atoms with Crippen molar-refractivity contribution in [2.24, 2.45) is 0 Å². The Morgan fingerprint density at radius 2 is 1.77 bits per heavy atom. The third kappa shape index (κ3) is 2.89. The second kappa shape index (κ2) is 5.69. The summed E-state index contributed by atoms with van der Waals surface area (Å²) >= 11 is 1.64. The number of aromatic nitrogens is 1. The molecule has 0 bridgehead atoms. The highest BCUT2D eigenvalue weighted by molar-refractivity contribution is 7.19. The van der Waals surface area contributed by atoms with E-state index in [4.69, 9.17) is 0 Å². The Bertz CT molecular complexity index is 841. The van der Waals surface area contributed by atoms with Gasteiger partial charge in [-0.25, -0.2) is 4.98 Å². The number of aryl methyl sites for hydroxylation is 2. The minimum absolute atomic E-state index is 0.100. The first-order chi connectivity index (χ1) is 10.5. The van der Waals surface area contributed by atoms with Gasteiger partial charge in [0.25, 0.3) is 5.69 Å². The summed E-state index contributed by atoms with van der Waals surface area (Å²) in [4.78, 5) is 14.8. The van der Waals surface area contributed by atoms with Crippen LogP contribution in [0.25, 0.3) is 22.4 Å². The number of fused-ring (bicyclic) bond motifs is 1. The van der Waals surface area contributed by atoms with Crippen molar-refractivity contribution >= 4 is 39.4 Å². The molecule has 0 unspecified atom stereocenters. The van der Waals surface area contributed by atoms with Crippen LogP contribution in [-0.2, 0) is 0 Å². The van der Waals surface area contributed by atoms with Gasteiger partial charge in [0.05, 0.1) is 15.1 Å². The number of nitro benzene ring substituents is 1. The quantitative estimate of drug-likeness (QED) is 0.505. The molecule has 4 nitrogen and oxygen atoms in total. The standard InChI is InChI=1S/C17H14N2O2S/c1-11-9-15-16(10-12(11)2)22-17(18-15)8-5-13-3-6-14(7-4-13)19(20)21/h3-10H,1-2H3. The molecule has 0 aliphatic heterocycles. The van der Waals surface area contributed by atoms with Crippen molar-refractivity contribution in [3.05, 3.63) is 68.2 Å². The van der Waals surface area contributed by atoms with E-state index in [9.17, 15) is 10.1 Å². The molecule has 3 aromatic rings. The summed E-state index contributed by atoms with van der Waals surface area (Å²) in [5, 5.41) is 11.6. The van der Waals surface area contributed by atoms with Crippen LogP contribution >= 0.6 is 11.3 Å². The largest absolute Gasteiger partial charge is 0.269 e. The molecule has 0 aliphatic rings. The van der Waals surface area contributed by atoms with Crippen molar-refractivity contribution in [1.29, 1.82) is 0 Å². The second-order valence-electron chi connectivity index (χ2n) is 5.14. The Morgan fingerprint density at radius 3 is 2.45 bits per heavy atom. The van der Waals surface area contributed by atoms with Crippen LogP contribution in [0.15, 0.2) is 36.4 Å². The van der Waals surface area contributed by atoms with Gasteiger partial charge in [0, 0.05) is 12.1 Å². The summed E-state index contributed by atoms with van der Waals surface area (Å²) in [5.74, 6) is 0. The summed E-state index contributed by atoms with van der Waals surface area (Å²) in [7, 11) is 0. The Morgan fingerprint density at radius 1 is 1.09 bits per heavy atom. The fourth-order valence-electron chi connectivity index (χ4n) is 2.14. The van der Waals surface area contributed by atoms with E-state index in [1.54, 1.807) is 23.5 Å². The number of non-ortho nitro benzene ring substituents is 1. The van der Waals surface area contributed by atoms with Crippen molar-refractivity contribution in [2.45, 2.75) is 13.8 Å². The van der Waals surface area contributed by atoms with Gasteiger partial charge < -0.3 is 0 Å². The van der Waals surface area contributed by atoms with Crippen LogP contribution < -0.4 is 0 Å². The predicted octanol–water partition coefficient (Wildman–Crippen LogP) is 4.99. The minimum Gasteiger partial charge on any atom is -0.258 e. The van der Waals surface area contributed by atoms with Crippen LogP contribution in [0.2, 0.25) is 0 Å². The van der Waals surface area contributed by atoms with E-state index in [1.807, 2.05) is 12.2 Å². The predicted molar refractivity (Wildman–Crippen MR) is 91.1 cm³/mol. The highest BCUT2D eigenvalue weighted by atomic mass is 32.1. The van der Waals surface area contributed by atoms with Crippen LogP contribution in [0, 0.1) is 24.0 Å². The number of thiazole rings is 1. The lowest BCUT2D eigenvalue weighted by Crippen LogP contribution is -1.86. The van der Waals surface area contributed by atoms with Gasteiger partial charge in [0.2, 0.25) is 0 Å². The molecule has 0 amide bonds. The summed E-state index contributed by atoms with van der Waals surface area (Å²) in [5.41, 5.74) is 4.53. The van der Waals surface area contributed by atoms with Gasteiger partial charge in [0.1, 0.15) is 5.01 Å². The number of nitro groups is 1. The molecule has 0 aliphatic carbocycles. The van der Waals surface area contributed by atoms with Gasteiger partial charge in [-0.2, -0.15) is 0 Å². The van der Waals surface area contributed by atoms with Crippen LogP contribution in [0.1, 0.15) is 21.7 Å². The maximum absolute atomic E-state index is 10.6. The van der Waals surface area contributed by atoms with E-state index in [0.717, 1.165) is 16.1 Å². The Balaban J connectivity index is 1.87. The van der Waals surface area contributed by atoms with E-state index in [0.29, 0.717) is 0 Å². The van der Waals surface area contributed by atoms with Crippen molar-refractivity contribution < 1.29 is 4.92 Å².